The molecule has 0 amide bonds. The summed E-state index contributed by atoms with van der Waals surface area (Å²) in [5.74, 6) is -0.0792. The highest BCUT2D eigenvalue weighted by atomic mass is 35.5. The Kier molecular flexibility index (Phi) is 4.38. The van der Waals surface area contributed by atoms with Crippen LogP contribution in [-0.4, -0.2) is 23.9 Å². The van der Waals surface area contributed by atoms with Crippen molar-refractivity contribution in [3.05, 3.63) is 82.2 Å². The second kappa shape index (κ2) is 6.85. The first-order valence-electron chi connectivity index (χ1n) is 8.29. The summed E-state index contributed by atoms with van der Waals surface area (Å²) in [6.45, 7) is 1.86. The van der Waals surface area contributed by atoms with E-state index in [1.165, 1.54) is 13.2 Å². The molecule has 2 aromatic carbocycles. The zero-order valence-corrected chi connectivity index (χ0v) is 15.4. The van der Waals surface area contributed by atoms with Gasteiger partial charge >= 0.3 is 5.97 Å². The fourth-order valence-corrected chi connectivity index (χ4v) is 3.22. The van der Waals surface area contributed by atoms with Gasteiger partial charge in [-0.05, 0) is 24.6 Å². The number of hydrogen-bond donors (Lipinski definition) is 0. The Hall–Kier alpha value is -3.18. The predicted molar refractivity (Wildman–Crippen MR) is 104 cm³/mol. The van der Waals surface area contributed by atoms with Crippen LogP contribution in [0.4, 0.5) is 0 Å². The number of methoxy groups -OCH3 is 1. The number of aryl methyl sites for hydroxylation is 1. The Morgan fingerprint density at radius 1 is 1.11 bits per heavy atom. The van der Waals surface area contributed by atoms with Gasteiger partial charge in [-0.2, -0.15) is 0 Å². The number of carbonyl (C=O) groups is 1. The Labute approximate surface area is 160 Å². The maximum Gasteiger partial charge on any atom is 0.332 e. The smallest absolute Gasteiger partial charge is 0.332 e. The first kappa shape index (κ1) is 17.2. The van der Waals surface area contributed by atoms with Crippen LogP contribution >= 0.6 is 11.6 Å². The van der Waals surface area contributed by atoms with Crippen molar-refractivity contribution in [2.45, 2.75) is 6.92 Å². The maximum atomic E-state index is 11.9. The van der Waals surface area contributed by atoms with Gasteiger partial charge in [-0.3, -0.25) is 0 Å². The average molecular weight is 379 g/mol. The molecule has 0 bridgehead atoms. The minimum absolute atomic E-state index is 0.360. The number of carbonyl (C=O) groups excluding carboxylic acids is 1. The molecule has 134 valence electrons. The van der Waals surface area contributed by atoms with Gasteiger partial charge < -0.3 is 9.26 Å². The van der Waals surface area contributed by atoms with E-state index in [9.17, 15) is 4.79 Å². The summed E-state index contributed by atoms with van der Waals surface area (Å²) in [6.07, 6.45) is 1.31. The topological polar surface area (TPSA) is 64.7 Å². The van der Waals surface area contributed by atoms with Crippen LogP contribution in [-0.2, 0) is 9.53 Å². The van der Waals surface area contributed by atoms with Crippen molar-refractivity contribution in [3.8, 4) is 11.1 Å². The molecular weight excluding hydrogens is 364 g/mol. The molecule has 0 unspecified atom stereocenters. The molecule has 6 heteroatoms. The minimum Gasteiger partial charge on any atom is -0.466 e. The fourth-order valence-electron chi connectivity index (χ4n) is 3.10. The van der Waals surface area contributed by atoms with Gasteiger partial charge in [0.25, 0.3) is 0 Å². The molecule has 1 aliphatic heterocycles. The van der Waals surface area contributed by atoms with Gasteiger partial charge in [0, 0.05) is 16.1 Å². The fraction of sp³-hybridized carbons (Fsp3) is 0.0952. The van der Waals surface area contributed by atoms with Gasteiger partial charge in [0.15, 0.2) is 5.76 Å². The Balaban J connectivity index is 2.04. The second-order valence-electron chi connectivity index (χ2n) is 6.04. The molecule has 3 aromatic rings. The summed E-state index contributed by atoms with van der Waals surface area (Å²) in [7, 11) is 1.32. The quantitative estimate of drug-likeness (QED) is 0.480. The summed E-state index contributed by atoms with van der Waals surface area (Å²) in [6, 6.07) is 15.3. The summed E-state index contributed by atoms with van der Waals surface area (Å²) >= 11 is 6.04. The number of aromatic nitrogens is 1. The van der Waals surface area contributed by atoms with Crippen LogP contribution in [0.5, 0.6) is 0 Å². The highest BCUT2D eigenvalue weighted by Gasteiger charge is 2.27. The van der Waals surface area contributed by atoms with Crippen LogP contribution in [0.3, 0.4) is 0 Å². The minimum atomic E-state index is -0.518. The van der Waals surface area contributed by atoms with E-state index in [2.05, 4.69) is 5.16 Å². The molecule has 0 saturated heterocycles. The van der Waals surface area contributed by atoms with E-state index in [-0.39, 0.29) is 0 Å². The van der Waals surface area contributed by atoms with Gasteiger partial charge in [-0.1, -0.05) is 53.2 Å². The first-order valence-corrected chi connectivity index (χ1v) is 8.67. The van der Waals surface area contributed by atoms with Gasteiger partial charge in [0.2, 0.25) is 0 Å². The lowest BCUT2D eigenvalue weighted by Gasteiger charge is -2.10. The number of nitrogens with zero attached hydrogens (tertiary/aromatic N) is 2. The number of ether oxygens (including phenoxy) is 1. The van der Waals surface area contributed by atoms with E-state index in [1.807, 2.05) is 43.3 Å². The van der Waals surface area contributed by atoms with Crippen molar-refractivity contribution in [3.63, 3.8) is 0 Å². The summed E-state index contributed by atoms with van der Waals surface area (Å²) < 4.78 is 10.3. The van der Waals surface area contributed by atoms with Gasteiger partial charge in [-0.15, -0.1) is 0 Å². The monoisotopic (exact) mass is 378 g/mol. The number of rotatable bonds is 2. The second-order valence-corrected chi connectivity index (χ2v) is 6.47. The van der Waals surface area contributed by atoms with Crippen molar-refractivity contribution in [2.24, 2.45) is 4.99 Å². The van der Waals surface area contributed by atoms with Crippen molar-refractivity contribution in [1.29, 1.82) is 0 Å². The molecule has 1 aliphatic rings. The zero-order valence-electron chi connectivity index (χ0n) is 14.7. The third-order valence-corrected chi connectivity index (χ3v) is 4.60. The van der Waals surface area contributed by atoms with E-state index < -0.39 is 5.97 Å². The van der Waals surface area contributed by atoms with Crippen molar-refractivity contribution in [2.75, 3.05) is 7.11 Å². The molecule has 1 aromatic heterocycles. The van der Waals surface area contributed by atoms with Crippen molar-refractivity contribution >= 4 is 29.0 Å². The number of aliphatic imine (C=N–C) groups is 1. The highest BCUT2D eigenvalue weighted by Crippen LogP contribution is 2.39. The number of hydrogen-bond acceptors (Lipinski definition) is 5. The van der Waals surface area contributed by atoms with Crippen LogP contribution in [0.15, 0.2) is 64.1 Å². The van der Waals surface area contributed by atoms with E-state index in [0.717, 1.165) is 27.9 Å². The third-order valence-electron chi connectivity index (χ3n) is 4.35. The van der Waals surface area contributed by atoms with Crippen LogP contribution in [0.2, 0.25) is 5.02 Å². The number of esters is 1. The summed E-state index contributed by atoms with van der Waals surface area (Å²) in [5.41, 5.74) is 5.34. The molecule has 27 heavy (non-hydrogen) atoms. The summed E-state index contributed by atoms with van der Waals surface area (Å²) in [5, 5.41) is 4.71. The van der Waals surface area contributed by atoms with Crippen LogP contribution in [0.1, 0.15) is 22.6 Å². The van der Waals surface area contributed by atoms with E-state index >= 15 is 0 Å². The van der Waals surface area contributed by atoms with Gasteiger partial charge in [0.05, 0.1) is 30.2 Å². The SMILES string of the molecule is COC(=O)C=C1N=C(c2ccc(Cl)cc2)c2ccccc2-c2c(C)noc21. The largest absolute Gasteiger partial charge is 0.466 e. The molecule has 5 nitrogen and oxygen atoms in total. The predicted octanol–water partition coefficient (Wildman–Crippen LogP) is 4.67. The number of benzene rings is 2. The molecule has 2 heterocycles. The van der Waals surface area contributed by atoms with Gasteiger partial charge in [-0.25, -0.2) is 9.79 Å². The lowest BCUT2D eigenvalue weighted by Crippen LogP contribution is -2.04. The molecule has 0 spiro atoms. The molecule has 0 N–H and O–H groups in total. The number of fused-ring (bicyclic) bond motifs is 3. The Morgan fingerprint density at radius 2 is 1.81 bits per heavy atom. The van der Waals surface area contributed by atoms with Crippen LogP contribution in [0, 0.1) is 6.92 Å². The molecule has 0 radical (unpaired) electrons. The molecule has 0 aliphatic carbocycles. The molecule has 0 saturated carbocycles. The van der Waals surface area contributed by atoms with Gasteiger partial charge in [0.1, 0.15) is 5.70 Å². The lowest BCUT2D eigenvalue weighted by atomic mass is 9.93. The first-order chi connectivity index (χ1) is 13.1. The van der Waals surface area contributed by atoms with E-state index in [1.54, 1.807) is 12.1 Å². The van der Waals surface area contributed by atoms with E-state index in [4.69, 9.17) is 25.9 Å². The van der Waals surface area contributed by atoms with Crippen molar-refractivity contribution < 1.29 is 14.1 Å². The molecule has 4 rings (SSSR count). The molecule has 0 fully saturated rings. The van der Waals surface area contributed by atoms with Crippen LogP contribution < -0.4 is 0 Å². The Bertz CT molecular complexity index is 1090. The maximum absolute atomic E-state index is 11.9. The number of halogens is 1. The van der Waals surface area contributed by atoms with E-state index in [0.29, 0.717) is 22.2 Å². The normalized spacial score (nSPS) is 14.2. The molecular formula is C21H15ClN2O3. The summed E-state index contributed by atoms with van der Waals surface area (Å²) in [4.78, 5) is 16.7. The lowest BCUT2D eigenvalue weighted by molar-refractivity contribution is -0.134. The standard InChI is InChI=1S/C21H15ClN2O3/c1-12-19-15-5-3-4-6-16(15)20(13-7-9-14(22)10-8-13)23-17(11-18(25)26-2)21(19)27-24-12/h3-11H,1-2H3. The third kappa shape index (κ3) is 3.06. The highest BCUT2D eigenvalue weighted by molar-refractivity contribution is 6.30. The van der Waals surface area contributed by atoms with Crippen LogP contribution in [0.25, 0.3) is 16.8 Å². The Morgan fingerprint density at radius 3 is 2.52 bits per heavy atom. The van der Waals surface area contributed by atoms with Crippen molar-refractivity contribution in [1.82, 2.24) is 5.16 Å². The average Bonchev–Trinajstić information content (AvgIpc) is 3.00. The molecule has 0 atom stereocenters. The zero-order chi connectivity index (χ0) is 19.0.